The van der Waals surface area contributed by atoms with E-state index in [9.17, 15) is 0 Å². The van der Waals surface area contributed by atoms with E-state index in [0.29, 0.717) is 0 Å². The van der Waals surface area contributed by atoms with Gasteiger partial charge in [-0.25, -0.2) is 4.57 Å². The smallest absolute Gasteiger partial charge is 0.224 e. The highest BCUT2D eigenvalue weighted by Crippen LogP contribution is 2.42. The van der Waals surface area contributed by atoms with E-state index in [4.69, 9.17) is 4.42 Å². The molecule has 0 saturated carbocycles. The van der Waals surface area contributed by atoms with Gasteiger partial charge in [-0.1, -0.05) is 30.3 Å². The fourth-order valence-corrected chi connectivity index (χ4v) is 5.20. The minimum Gasteiger partial charge on any atom is -0.464 e. The van der Waals surface area contributed by atoms with E-state index in [2.05, 4.69) is 83.7 Å². The molecule has 0 unspecified atom stereocenters. The number of hydrogen-bond acceptors (Lipinski definition) is 1. The number of aromatic nitrogens is 2. The molecular formula is C25H17N2O+. The molecule has 3 aromatic carbocycles. The van der Waals surface area contributed by atoms with Gasteiger partial charge >= 0.3 is 0 Å². The number of para-hydroxylation sites is 1. The van der Waals surface area contributed by atoms with E-state index in [1.54, 1.807) is 6.26 Å². The standard InChI is InChI=1S/C25H17N2O/c1-14-16-10-12-28-21(16)13-20-22(14)25-23-15(9-11-26(25)2)7-8-18-17-5-3-4-6-19(17)27(20)24(18)23/h3-13H,1-2H3/q+1. The lowest BCUT2D eigenvalue weighted by molar-refractivity contribution is -0.643. The van der Waals surface area contributed by atoms with Crippen molar-refractivity contribution < 1.29 is 8.98 Å². The first-order valence-corrected chi connectivity index (χ1v) is 9.60. The predicted molar refractivity (Wildman–Crippen MR) is 114 cm³/mol. The zero-order valence-electron chi connectivity index (χ0n) is 15.7. The average molecular weight is 361 g/mol. The van der Waals surface area contributed by atoms with Gasteiger partial charge in [0.15, 0.2) is 6.20 Å². The molecule has 0 saturated heterocycles. The lowest BCUT2D eigenvalue weighted by Crippen LogP contribution is -2.28. The number of benzene rings is 3. The monoisotopic (exact) mass is 361 g/mol. The number of fused-ring (bicyclic) bond motifs is 7. The Morgan fingerprint density at radius 1 is 0.857 bits per heavy atom. The number of pyridine rings is 2. The van der Waals surface area contributed by atoms with E-state index in [-0.39, 0.29) is 0 Å². The van der Waals surface area contributed by atoms with Gasteiger partial charge in [-0.3, -0.25) is 0 Å². The van der Waals surface area contributed by atoms with E-state index >= 15 is 0 Å². The molecular weight excluding hydrogens is 344 g/mol. The molecule has 0 bridgehead atoms. The lowest BCUT2D eigenvalue weighted by atomic mass is 9.98. The van der Waals surface area contributed by atoms with Crippen LogP contribution in [0.4, 0.5) is 0 Å². The van der Waals surface area contributed by atoms with Gasteiger partial charge in [0.25, 0.3) is 0 Å². The SMILES string of the molecule is Cc1c2ccoc2cc2c1c1c3c(ccc4c5ccccc5n2c43)cc[n+]1C. The molecule has 0 aliphatic rings. The highest BCUT2D eigenvalue weighted by atomic mass is 16.3. The van der Waals surface area contributed by atoms with E-state index in [1.807, 2.05) is 0 Å². The van der Waals surface area contributed by atoms with Gasteiger partial charge in [0, 0.05) is 28.3 Å². The van der Waals surface area contributed by atoms with E-state index in [0.717, 1.165) is 5.58 Å². The summed E-state index contributed by atoms with van der Waals surface area (Å²) >= 11 is 0. The quantitative estimate of drug-likeness (QED) is 0.188. The van der Waals surface area contributed by atoms with Crippen LogP contribution in [0.1, 0.15) is 5.56 Å². The predicted octanol–water partition coefficient (Wildman–Crippen LogP) is 5.87. The third-order valence-corrected chi connectivity index (χ3v) is 6.41. The van der Waals surface area contributed by atoms with Crippen molar-refractivity contribution in [3.8, 4) is 0 Å². The maximum absolute atomic E-state index is 5.82. The summed E-state index contributed by atoms with van der Waals surface area (Å²) in [6, 6.07) is 19.7. The summed E-state index contributed by atoms with van der Waals surface area (Å²) in [5.41, 5.74) is 7.24. The third-order valence-electron chi connectivity index (χ3n) is 6.41. The van der Waals surface area contributed by atoms with E-state index < -0.39 is 0 Å². The molecule has 3 heteroatoms. The number of aryl methyl sites for hydroxylation is 2. The molecule has 132 valence electrons. The van der Waals surface area contributed by atoms with Gasteiger partial charge in [0.1, 0.15) is 12.6 Å². The van der Waals surface area contributed by atoms with Gasteiger partial charge < -0.3 is 8.82 Å². The molecule has 7 aromatic rings. The summed E-state index contributed by atoms with van der Waals surface area (Å²) in [4.78, 5) is 0. The molecule has 7 rings (SSSR count). The molecule has 0 atom stereocenters. The highest BCUT2D eigenvalue weighted by molar-refractivity contribution is 6.28. The maximum Gasteiger partial charge on any atom is 0.224 e. The first kappa shape index (κ1) is 14.5. The Labute approximate surface area is 160 Å². The first-order chi connectivity index (χ1) is 13.7. The molecule has 0 fully saturated rings. The van der Waals surface area contributed by atoms with Crippen molar-refractivity contribution in [2.75, 3.05) is 0 Å². The zero-order valence-corrected chi connectivity index (χ0v) is 15.7. The summed E-state index contributed by atoms with van der Waals surface area (Å²) in [7, 11) is 2.15. The van der Waals surface area contributed by atoms with Crippen LogP contribution in [0.15, 0.2) is 71.5 Å². The van der Waals surface area contributed by atoms with Gasteiger partial charge in [-0.15, -0.1) is 0 Å². The molecule has 0 N–H and O–H groups in total. The molecule has 28 heavy (non-hydrogen) atoms. The van der Waals surface area contributed by atoms with Gasteiger partial charge in [0.05, 0.1) is 33.6 Å². The molecule has 0 spiro atoms. The second-order valence-corrected chi connectivity index (χ2v) is 7.78. The van der Waals surface area contributed by atoms with Gasteiger partial charge in [0.2, 0.25) is 5.52 Å². The van der Waals surface area contributed by atoms with Crippen molar-refractivity contribution >= 4 is 60.0 Å². The molecule has 0 aliphatic heterocycles. The normalized spacial score (nSPS) is 12.6. The molecule has 0 radical (unpaired) electrons. The Morgan fingerprint density at radius 3 is 2.68 bits per heavy atom. The van der Waals surface area contributed by atoms with Crippen LogP contribution in [-0.2, 0) is 7.05 Å². The molecule has 4 aromatic heterocycles. The van der Waals surface area contributed by atoms with Crippen molar-refractivity contribution in [2.24, 2.45) is 7.05 Å². The lowest BCUT2D eigenvalue weighted by Gasteiger charge is -2.13. The fourth-order valence-electron chi connectivity index (χ4n) is 5.20. The number of furan rings is 1. The Balaban J connectivity index is 2.01. The number of hydrogen-bond donors (Lipinski definition) is 0. The Morgan fingerprint density at radius 2 is 1.75 bits per heavy atom. The fraction of sp³-hybridized carbons (Fsp3) is 0.0800. The van der Waals surface area contributed by atoms with Crippen molar-refractivity contribution in [1.29, 1.82) is 0 Å². The second-order valence-electron chi connectivity index (χ2n) is 7.78. The Bertz CT molecular complexity index is 1730. The summed E-state index contributed by atoms with van der Waals surface area (Å²) in [5, 5.41) is 7.69. The van der Waals surface area contributed by atoms with Crippen molar-refractivity contribution in [3.05, 3.63) is 72.6 Å². The second kappa shape index (κ2) is 4.63. The molecule has 0 amide bonds. The van der Waals surface area contributed by atoms with Crippen LogP contribution in [0.5, 0.6) is 0 Å². The number of rotatable bonds is 0. The van der Waals surface area contributed by atoms with Crippen LogP contribution in [0.2, 0.25) is 0 Å². The van der Waals surface area contributed by atoms with Crippen LogP contribution in [-0.4, -0.2) is 4.40 Å². The Hall–Kier alpha value is -3.59. The average Bonchev–Trinajstić information content (AvgIpc) is 3.31. The molecule has 4 heterocycles. The van der Waals surface area contributed by atoms with Crippen molar-refractivity contribution in [3.63, 3.8) is 0 Å². The highest BCUT2D eigenvalue weighted by Gasteiger charge is 2.24. The summed E-state index contributed by atoms with van der Waals surface area (Å²) in [6.45, 7) is 2.21. The summed E-state index contributed by atoms with van der Waals surface area (Å²) in [6.07, 6.45) is 3.96. The van der Waals surface area contributed by atoms with Crippen molar-refractivity contribution in [2.45, 2.75) is 6.92 Å². The Kier molecular flexibility index (Phi) is 2.39. The minimum atomic E-state index is 0.941. The molecule has 3 nitrogen and oxygen atoms in total. The summed E-state index contributed by atoms with van der Waals surface area (Å²) < 4.78 is 10.5. The third kappa shape index (κ3) is 1.48. The van der Waals surface area contributed by atoms with Crippen LogP contribution in [0.3, 0.4) is 0 Å². The van der Waals surface area contributed by atoms with Gasteiger partial charge in [-0.05, 0) is 30.0 Å². The largest absolute Gasteiger partial charge is 0.464 e. The summed E-state index contributed by atoms with van der Waals surface area (Å²) in [5.74, 6) is 0. The topological polar surface area (TPSA) is 21.4 Å². The van der Waals surface area contributed by atoms with Crippen LogP contribution in [0, 0.1) is 6.92 Å². The van der Waals surface area contributed by atoms with Crippen LogP contribution < -0.4 is 4.57 Å². The van der Waals surface area contributed by atoms with Crippen LogP contribution in [0.25, 0.3) is 60.0 Å². The van der Waals surface area contributed by atoms with E-state index in [1.165, 1.54) is 59.9 Å². The number of nitrogens with zero attached hydrogens (tertiary/aromatic N) is 2. The first-order valence-electron chi connectivity index (χ1n) is 9.60. The molecule has 0 aliphatic carbocycles. The minimum absolute atomic E-state index is 0.941. The zero-order chi connectivity index (χ0) is 18.6. The van der Waals surface area contributed by atoms with Crippen LogP contribution >= 0.6 is 0 Å². The van der Waals surface area contributed by atoms with Gasteiger partial charge in [-0.2, -0.15) is 0 Å². The maximum atomic E-state index is 5.82. The van der Waals surface area contributed by atoms with Crippen molar-refractivity contribution in [1.82, 2.24) is 4.40 Å².